The van der Waals surface area contributed by atoms with Crippen molar-refractivity contribution in [2.45, 2.75) is 44.6 Å². The van der Waals surface area contributed by atoms with Gasteiger partial charge in [0.05, 0.1) is 5.75 Å². The molecule has 0 radical (unpaired) electrons. The Labute approximate surface area is 232 Å². The molecular weight excluding hydrogens is 535 g/mol. The van der Waals surface area contributed by atoms with Gasteiger partial charge in [0.1, 0.15) is 6.04 Å². The molecule has 36 heavy (non-hydrogen) atoms. The summed E-state index contributed by atoms with van der Waals surface area (Å²) in [5.41, 5.74) is 2.78. The summed E-state index contributed by atoms with van der Waals surface area (Å²) in [6, 6.07) is 21.7. The zero-order valence-electron chi connectivity index (χ0n) is 20.2. The van der Waals surface area contributed by atoms with E-state index in [9.17, 15) is 9.59 Å². The van der Waals surface area contributed by atoms with Crippen LogP contribution in [0.2, 0.25) is 15.1 Å². The number of thioether (sulfide) groups is 1. The highest BCUT2D eigenvalue weighted by molar-refractivity contribution is 7.99. The Morgan fingerprint density at radius 1 is 0.889 bits per heavy atom. The number of nitrogens with one attached hydrogen (secondary N) is 1. The van der Waals surface area contributed by atoms with Gasteiger partial charge < -0.3 is 10.2 Å². The van der Waals surface area contributed by atoms with E-state index in [-0.39, 0.29) is 23.6 Å². The van der Waals surface area contributed by atoms with Gasteiger partial charge in [-0.2, -0.15) is 0 Å². The third-order valence-electron chi connectivity index (χ3n) is 5.47. The minimum absolute atomic E-state index is 0.0512. The van der Waals surface area contributed by atoms with Crippen LogP contribution in [0.1, 0.15) is 30.5 Å². The first-order valence-electron chi connectivity index (χ1n) is 11.6. The van der Waals surface area contributed by atoms with Crippen molar-refractivity contribution < 1.29 is 9.59 Å². The highest BCUT2D eigenvalue weighted by atomic mass is 35.5. The van der Waals surface area contributed by atoms with Crippen molar-refractivity contribution in [3.63, 3.8) is 0 Å². The van der Waals surface area contributed by atoms with E-state index in [1.54, 1.807) is 29.2 Å². The van der Waals surface area contributed by atoms with Gasteiger partial charge in [-0.3, -0.25) is 9.59 Å². The van der Waals surface area contributed by atoms with E-state index < -0.39 is 6.04 Å². The molecule has 0 bridgehead atoms. The smallest absolute Gasteiger partial charge is 0.243 e. The van der Waals surface area contributed by atoms with Crippen molar-refractivity contribution in [2.75, 3.05) is 5.75 Å². The molecule has 190 valence electrons. The van der Waals surface area contributed by atoms with E-state index in [0.29, 0.717) is 33.8 Å². The molecule has 1 N–H and O–H groups in total. The Bertz CT molecular complexity index is 1160. The lowest BCUT2D eigenvalue weighted by Crippen LogP contribution is -2.52. The predicted molar refractivity (Wildman–Crippen MR) is 152 cm³/mol. The summed E-state index contributed by atoms with van der Waals surface area (Å²) in [5.74, 6) is 0.451. The lowest BCUT2D eigenvalue weighted by molar-refractivity contribution is -0.139. The Balaban J connectivity index is 1.84. The van der Waals surface area contributed by atoms with Gasteiger partial charge in [0.25, 0.3) is 0 Å². The third kappa shape index (κ3) is 8.74. The van der Waals surface area contributed by atoms with Crippen LogP contribution in [0, 0.1) is 0 Å². The second-order valence-electron chi connectivity index (χ2n) is 8.75. The fraction of sp³-hybridized carbons (Fsp3) is 0.286. The number of carbonyl (C=O) groups is 2. The standard InChI is InChI=1S/C28H29Cl3N2O2S/c1-19(2)32-28(35)26(14-20-6-4-3-5-7-20)33(16-21-8-11-23(29)12-9-21)27(34)18-36-17-22-10-13-24(30)15-25(22)31/h3-13,15,19,26H,14,16-18H2,1-2H3,(H,32,35)/t26-/m0/s1. The number of halogens is 3. The SMILES string of the molecule is CC(C)NC(=O)[C@H](Cc1ccccc1)N(Cc1ccc(Cl)cc1)C(=O)CSCc1ccc(Cl)cc1Cl. The quantitative estimate of drug-likeness (QED) is 0.272. The average molecular weight is 564 g/mol. The van der Waals surface area contributed by atoms with Gasteiger partial charge in [-0.05, 0) is 54.8 Å². The molecule has 0 aliphatic rings. The van der Waals surface area contributed by atoms with Crippen LogP contribution in [-0.2, 0) is 28.3 Å². The fourth-order valence-corrected chi connectivity index (χ4v) is 5.29. The Morgan fingerprint density at radius 3 is 2.19 bits per heavy atom. The molecule has 0 unspecified atom stereocenters. The largest absolute Gasteiger partial charge is 0.352 e. The highest BCUT2D eigenvalue weighted by Gasteiger charge is 2.30. The molecule has 0 saturated carbocycles. The van der Waals surface area contributed by atoms with Crippen molar-refractivity contribution in [3.8, 4) is 0 Å². The summed E-state index contributed by atoms with van der Waals surface area (Å²) in [6.45, 7) is 4.12. The summed E-state index contributed by atoms with van der Waals surface area (Å²) in [5, 5.41) is 4.75. The number of hydrogen-bond acceptors (Lipinski definition) is 3. The van der Waals surface area contributed by atoms with Crippen LogP contribution in [0.4, 0.5) is 0 Å². The molecule has 4 nitrogen and oxygen atoms in total. The molecule has 8 heteroatoms. The van der Waals surface area contributed by atoms with Crippen LogP contribution in [-0.4, -0.2) is 34.6 Å². The van der Waals surface area contributed by atoms with Crippen molar-refractivity contribution in [1.82, 2.24) is 10.2 Å². The van der Waals surface area contributed by atoms with E-state index in [2.05, 4.69) is 5.32 Å². The number of rotatable bonds is 11. The molecular formula is C28H29Cl3N2O2S. The van der Waals surface area contributed by atoms with E-state index >= 15 is 0 Å². The molecule has 0 aliphatic carbocycles. The summed E-state index contributed by atoms with van der Waals surface area (Å²) in [7, 11) is 0. The van der Waals surface area contributed by atoms with Crippen molar-refractivity contribution in [1.29, 1.82) is 0 Å². The number of benzene rings is 3. The van der Waals surface area contributed by atoms with E-state index in [1.807, 2.05) is 62.4 Å². The first-order chi connectivity index (χ1) is 17.2. The summed E-state index contributed by atoms with van der Waals surface area (Å²) in [6.07, 6.45) is 0.409. The topological polar surface area (TPSA) is 49.4 Å². The predicted octanol–water partition coefficient (Wildman–Crippen LogP) is 7.04. The van der Waals surface area contributed by atoms with E-state index in [4.69, 9.17) is 34.8 Å². The van der Waals surface area contributed by atoms with Gasteiger partial charge >= 0.3 is 0 Å². The first kappa shape index (κ1) is 28.4. The number of nitrogens with zero attached hydrogens (tertiary/aromatic N) is 1. The molecule has 0 saturated heterocycles. The number of amides is 2. The molecule has 2 amide bonds. The van der Waals surface area contributed by atoms with Gasteiger partial charge in [0, 0.05) is 39.8 Å². The molecule has 0 aromatic heterocycles. The van der Waals surface area contributed by atoms with Crippen LogP contribution in [0.25, 0.3) is 0 Å². The maximum atomic E-state index is 13.6. The summed E-state index contributed by atoms with van der Waals surface area (Å²) >= 11 is 19.8. The van der Waals surface area contributed by atoms with Crippen molar-refractivity contribution >= 4 is 58.4 Å². The summed E-state index contributed by atoms with van der Waals surface area (Å²) in [4.78, 5) is 28.6. The molecule has 0 fully saturated rings. The zero-order valence-corrected chi connectivity index (χ0v) is 23.3. The monoisotopic (exact) mass is 562 g/mol. The second kappa shape index (κ2) is 13.9. The Kier molecular flexibility index (Phi) is 11.0. The Morgan fingerprint density at radius 2 is 1.56 bits per heavy atom. The van der Waals surface area contributed by atoms with E-state index in [0.717, 1.165) is 16.7 Å². The molecule has 1 atom stereocenters. The van der Waals surface area contributed by atoms with Crippen LogP contribution < -0.4 is 5.32 Å². The third-order valence-corrected chi connectivity index (χ3v) is 7.27. The fourth-order valence-electron chi connectivity index (χ4n) is 3.69. The Hall–Kier alpha value is -2.18. The number of hydrogen-bond donors (Lipinski definition) is 1. The highest BCUT2D eigenvalue weighted by Crippen LogP contribution is 2.25. The average Bonchev–Trinajstić information content (AvgIpc) is 2.84. The van der Waals surface area contributed by atoms with Gasteiger partial charge in [-0.1, -0.05) is 83.3 Å². The first-order valence-corrected chi connectivity index (χ1v) is 13.9. The zero-order chi connectivity index (χ0) is 26.1. The molecule has 3 aromatic rings. The van der Waals surface area contributed by atoms with Crippen molar-refractivity contribution in [3.05, 3.63) is 105 Å². The summed E-state index contributed by atoms with van der Waals surface area (Å²) < 4.78 is 0. The van der Waals surface area contributed by atoms with Crippen molar-refractivity contribution in [2.24, 2.45) is 0 Å². The second-order valence-corrected chi connectivity index (χ2v) is 11.0. The van der Waals surface area contributed by atoms with Gasteiger partial charge in [0.2, 0.25) is 11.8 Å². The van der Waals surface area contributed by atoms with Crippen LogP contribution in [0.5, 0.6) is 0 Å². The van der Waals surface area contributed by atoms with E-state index in [1.165, 1.54) is 11.8 Å². The molecule has 0 aliphatic heterocycles. The van der Waals surface area contributed by atoms with Crippen LogP contribution in [0.15, 0.2) is 72.8 Å². The maximum absolute atomic E-state index is 13.6. The lowest BCUT2D eigenvalue weighted by atomic mass is 10.0. The lowest BCUT2D eigenvalue weighted by Gasteiger charge is -2.32. The number of carbonyl (C=O) groups excluding carboxylic acids is 2. The minimum atomic E-state index is -0.669. The van der Waals surface area contributed by atoms with Gasteiger partial charge in [0.15, 0.2) is 0 Å². The molecule has 0 heterocycles. The molecule has 3 rings (SSSR count). The molecule has 3 aromatic carbocycles. The normalized spacial score (nSPS) is 11.8. The molecule has 0 spiro atoms. The minimum Gasteiger partial charge on any atom is -0.352 e. The van der Waals surface area contributed by atoms with Gasteiger partial charge in [-0.15, -0.1) is 11.8 Å². The maximum Gasteiger partial charge on any atom is 0.243 e. The van der Waals surface area contributed by atoms with Gasteiger partial charge in [-0.25, -0.2) is 0 Å². The van der Waals surface area contributed by atoms with Crippen LogP contribution >= 0.6 is 46.6 Å². The van der Waals surface area contributed by atoms with Crippen LogP contribution in [0.3, 0.4) is 0 Å².